The number of Topliss-reactive ketones (excluding diaryl/α,β-unsaturated/α-hetero) is 1. The molecule has 0 aliphatic heterocycles. The average molecular weight is 327 g/mol. The van der Waals surface area contributed by atoms with E-state index < -0.39 is 11.9 Å². The molecule has 0 aromatic carbocycles. The monoisotopic (exact) mass is 327 g/mol. The summed E-state index contributed by atoms with van der Waals surface area (Å²) in [5.74, 6) is -1.74. The second-order valence-corrected chi connectivity index (χ2v) is 5.97. The van der Waals surface area contributed by atoms with E-state index >= 15 is 0 Å². The van der Waals surface area contributed by atoms with Crippen molar-refractivity contribution in [3.63, 3.8) is 0 Å². The first-order valence-electron chi connectivity index (χ1n) is 8.40. The van der Waals surface area contributed by atoms with E-state index in [1.54, 1.807) is 0 Å². The maximum atomic E-state index is 11.8. The molecule has 0 bridgehead atoms. The number of nitrogens with zero attached hydrogens (tertiary/aromatic N) is 1. The number of rotatable bonds is 15. The number of carboxylic acid groups (broad SMARTS) is 1. The average Bonchev–Trinajstić information content (AvgIpc) is 2.49. The number of aliphatic imine (C=N–C) groups is 1. The molecule has 0 heterocycles. The molecule has 0 fully saturated rings. The van der Waals surface area contributed by atoms with Gasteiger partial charge in [-0.3, -0.25) is 9.59 Å². The highest BCUT2D eigenvalue weighted by Crippen LogP contribution is 2.13. The lowest BCUT2D eigenvalue weighted by Gasteiger charge is -2.08. The molecule has 0 spiro atoms. The van der Waals surface area contributed by atoms with Crippen molar-refractivity contribution < 1.29 is 14.7 Å². The van der Waals surface area contributed by atoms with Crippen LogP contribution in [0.1, 0.15) is 77.6 Å². The topological polar surface area (TPSA) is 66.7 Å². The second-order valence-electron chi connectivity index (χ2n) is 5.79. The smallest absolute Gasteiger partial charge is 0.308 e. The number of carboxylic acids is 1. The van der Waals surface area contributed by atoms with Crippen molar-refractivity contribution in [2.45, 2.75) is 77.6 Å². The number of unbranched alkanes of at least 4 members (excludes halogenated alkanes) is 8. The van der Waals surface area contributed by atoms with Crippen LogP contribution in [0.4, 0.5) is 0 Å². The molecular formula is C17H29NO3S. The van der Waals surface area contributed by atoms with Gasteiger partial charge in [-0.25, -0.2) is 4.99 Å². The van der Waals surface area contributed by atoms with Gasteiger partial charge in [-0.15, -0.1) is 0 Å². The van der Waals surface area contributed by atoms with Crippen LogP contribution >= 0.6 is 12.2 Å². The zero-order valence-electron chi connectivity index (χ0n) is 13.7. The summed E-state index contributed by atoms with van der Waals surface area (Å²) in [4.78, 5) is 26.4. The lowest BCUT2D eigenvalue weighted by atomic mass is 9.99. The third-order valence-corrected chi connectivity index (χ3v) is 3.89. The Morgan fingerprint density at radius 1 is 1.05 bits per heavy atom. The summed E-state index contributed by atoms with van der Waals surface area (Å²) in [5, 5.41) is 11.1. The minimum atomic E-state index is -0.991. The maximum absolute atomic E-state index is 11.8. The number of hydrogen-bond donors (Lipinski definition) is 1. The summed E-state index contributed by atoms with van der Waals surface area (Å²) >= 11 is 4.42. The second kappa shape index (κ2) is 14.9. The van der Waals surface area contributed by atoms with Crippen molar-refractivity contribution in [1.29, 1.82) is 0 Å². The van der Waals surface area contributed by atoms with Gasteiger partial charge in [0.2, 0.25) is 0 Å². The van der Waals surface area contributed by atoms with Gasteiger partial charge in [-0.05, 0) is 18.6 Å². The van der Waals surface area contributed by atoms with Gasteiger partial charge in [-0.2, -0.15) is 0 Å². The molecule has 22 heavy (non-hydrogen) atoms. The minimum Gasteiger partial charge on any atom is -0.481 e. The summed E-state index contributed by atoms with van der Waals surface area (Å²) in [6, 6.07) is 0. The van der Waals surface area contributed by atoms with Gasteiger partial charge >= 0.3 is 5.97 Å². The summed E-state index contributed by atoms with van der Waals surface area (Å²) in [7, 11) is 0. The predicted octanol–water partition coefficient (Wildman–Crippen LogP) is 4.67. The number of hydrogen-bond acceptors (Lipinski definition) is 4. The zero-order chi connectivity index (χ0) is 16.6. The van der Waals surface area contributed by atoms with E-state index in [1.165, 1.54) is 38.5 Å². The van der Waals surface area contributed by atoms with E-state index in [9.17, 15) is 9.59 Å². The van der Waals surface area contributed by atoms with E-state index in [1.807, 2.05) is 0 Å². The van der Waals surface area contributed by atoms with Crippen LogP contribution in [-0.4, -0.2) is 28.6 Å². The van der Waals surface area contributed by atoms with Gasteiger partial charge in [0, 0.05) is 12.8 Å². The van der Waals surface area contributed by atoms with Gasteiger partial charge < -0.3 is 5.11 Å². The van der Waals surface area contributed by atoms with Crippen LogP contribution in [0, 0.1) is 5.92 Å². The molecule has 0 aromatic rings. The molecule has 0 aromatic heterocycles. The van der Waals surface area contributed by atoms with E-state index in [-0.39, 0.29) is 18.7 Å². The third-order valence-electron chi connectivity index (χ3n) is 3.76. The van der Waals surface area contributed by atoms with E-state index in [4.69, 9.17) is 5.11 Å². The normalized spacial score (nSPS) is 11.7. The molecule has 0 aliphatic rings. The quantitative estimate of drug-likeness (QED) is 0.270. The highest BCUT2D eigenvalue weighted by Gasteiger charge is 2.20. The van der Waals surface area contributed by atoms with E-state index in [0.717, 1.165) is 19.3 Å². The van der Waals surface area contributed by atoms with Crippen LogP contribution in [0.15, 0.2) is 4.99 Å². The summed E-state index contributed by atoms with van der Waals surface area (Å²) < 4.78 is 0. The van der Waals surface area contributed by atoms with E-state index in [0.29, 0.717) is 6.42 Å². The highest BCUT2D eigenvalue weighted by atomic mass is 32.1. The molecule has 0 saturated heterocycles. The van der Waals surface area contributed by atoms with Crippen molar-refractivity contribution in [2.75, 3.05) is 6.54 Å². The van der Waals surface area contributed by atoms with Gasteiger partial charge in [0.05, 0.1) is 17.6 Å². The van der Waals surface area contributed by atoms with Gasteiger partial charge in [0.25, 0.3) is 0 Å². The molecule has 1 N–H and O–H groups in total. The first kappa shape index (κ1) is 20.9. The lowest BCUT2D eigenvalue weighted by Crippen LogP contribution is -2.20. The molecular weight excluding hydrogens is 298 g/mol. The van der Waals surface area contributed by atoms with Crippen LogP contribution in [0.3, 0.4) is 0 Å². The first-order valence-corrected chi connectivity index (χ1v) is 8.80. The van der Waals surface area contributed by atoms with Crippen LogP contribution in [0.5, 0.6) is 0 Å². The summed E-state index contributed by atoms with van der Waals surface area (Å²) in [6.07, 6.45) is 11.4. The van der Waals surface area contributed by atoms with E-state index in [2.05, 4.69) is 29.3 Å². The van der Waals surface area contributed by atoms with Crippen molar-refractivity contribution in [1.82, 2.24) is 0 Å². The molecule has 4 nitrogen and oxygen atoms in total. The fourth-order valence-electron chi connectivity index (χ4n) is 2.39. The van der Waals surface area contributed by atoms with Gasteiger partial charge in [-0.1, -0.05) is 58.3 Å². The fourth-order valence-corrected chi connectivity index (χ4v) is 2.46. The standard InChI is InChI=1S/C17H29NO3S/c1-2-3-4-5-6-7-8-9-10-11-16(19)12-15(17(20)21)13-18-14-22/h15H,2-13H2,1H3,(H,20,21). The molecule has 0 radical (unpaired) electrons. The van der Waals surface area contributed by atoms with Crippen LogP contribution in [-0.2, 0) is 9.59 Å². The van der Waals surface area contributed by atoms with Crippen molar-refractivity contribution in [2.24, 2.45) is 10.9 Å². The Kier molecular flexibility index (Phi) is 14.1. The maximum Gasteiger partial charge on any atom is 0.308 e. The van der Waals surface area contributed by atoms with Crippen molar-refractivity contribution >= 4 is 29.1 Å². The largest absolute Gasteiger partial charge is 0.481 e. The van der Waals surface area contributed by atoms with Crippen LogP contribution in [0.25, 0.3) is 0 Å². The van der Waals surface area contributed by atoms with Crippen LogP contribution in [0.2, 0.25) is 0 Å². The Morgan fingerprint density at radius 2 is 1.59 bits per heavy atom. The highest BCUT2D eigenvalue weighted by molar-refractivity contribution is 7.78. The predicted molar refractivity (Wildman–Crippen MR) is 92.5 cm³/mol. The Bertz CT molecular complexity index is 365. The molecule has 1 atom stereocenters. The Balaban J connectivity index is 3.63. The number of isothiocyanates is 1. The lowest BCUT2D eigenvalue weighted by molar-refractivity contribution is -0.143. The number of carbonyl (C=O) groups excluding carboxylic acids is 1. The molecule has 5 heteroatoms. The number of carbonyl (C=O) groups is 2. The minimum absolute atomic E-state index is 0.00918. The van der Waals surface area contributed by atoms with Gasteiger partial charge in [0.15, 0.2) is 0 Å². The van der Waals surface area contributed by atoms with Crippen LogP contribution < -0.4 is 0 Å². The number of thiocarbonyl (C=S) groups is 1. The molecule has 1 unspecified atom stereocenters. The SMILES string of the molecule is CCCCCCCCCCCC(=O)CC(CN=C=S)C(=O)O. The van der Waals surface area contributed by atoms with Gasteiger partial charge in [0.1, 0.15) is 5.78 Å². The zero-order valence-corrected chi connectivity index (χ0v) is 14.5. The number of aliphatic carboxylic acids is 1. The van der Waals surface area contributed by atoms with Crippen molar-refractivity contribution in [3.8, 4) is 0 Å². The Morgan fingerprint density at radius 3 is 2.09 bits per heavy atom. The summed E-state index contributed by atoms with van der Waals surface area (Å²) in [5.41, 5.74) is 0. The van der Waals surface area contributed by atoms with Crippen molar-refractivity contribution in [3.05, 3.63) is 0 Å². The molecule has 0 aliphatic carbocycles. The Labute approximate surface area is 139 Å². The fraction of sp³-hybridized carbons (Fsp3) is 0.824. The number of ketones is 1. The molecule has 0 amide bonds. The molecule has 126 valence electrons. The third kappa shape index (κ3) is 12.7. The summed E-state index contributed by atoms with van der Waals surface area (Å²) in [6.45, 7) is 2.26. The Hall–Kier alpha value is -1.06. The molecule has 0 rings (SSSR count). The molecule has 0 saturated carbocycles. The first-order chi connectivity index (χ1) is 10.6.